The number of methoxy groups -OCH3 is 1. The number of carboxylic acids is 1. The number of allylic oxidation sites excluding steroid dienone is 4. The largest absolute Gasteiger partial charge is 0.495 e. The minimum Gasteiger partial charge on any atom is -0.495 e. The summed E-state index contributed by atoms with van der Waals surface area (Å²) in [5, 5.41) is 41.3. The Morgan fingerprint density at radius 1 is 0.932 bits per heavy atom. The van der Waals surface area contributed by atoms with Gasteiger partial charge < -0.3 is 50.8 Å². The molecule has 402 valence electrons. The average molecular weight is 1050 g/mol. The summed E-state index contributed by atoms with van der Waals surface area (Å²) in [5.41, 5.74) is -4.43. The van der Waals surface area contributed by atoms with E-state index in [1.54, 1.807) is 37.3 Å². The van der Waals surface area contributed by atoms with E-state index in [0.29, 0.717) is 23.4 Å². The lowest BCUT2D eigenvalue weighted by atomic mass is 9.44. The lowest BCUT2D eigenvalue weighted by Crippen LogP contribution is -2.70. The Labute approximate surface area is 433 Å². The predicted molar refractivity (Wildman–Crippen MR) is 269 cm³/mol. The summed E-state index contributed by atoms with van der Waals surface area (Å²) in [4.78, 5) is 89.2. The van der Waals surface area contributed by atoms with Crippen molar-refractivity contribution in [3.8, 4) is 5.75 Å². The van der Waals surface area contributed by atoms with Crippen LogP contribution >= 0.6 is 11.8 Å². The minimum absolute atomic E-state index is 0.00700. The highest BCUT2D eigenvalue weighted by molar-refractivity contribution is 8.01. The average Bonchev–Trinajstić information content (AvgIpc) is 3.87. The number of fused-ring (bicyclic) bond motifs is 7. The first-order chi connectivity index (χ1) is 35.0. The maximum Gasteiger partial charge on any atom is 0.305 e. The first kappa shape index (κ1) is 56.2. The van der Waals surface area contributed by atoms with Crippen LogP contribution in [0.5, 0.6) is 5.75 Å². The number of halogens is 2. The molecule has 20 heteroatoms. The van der Waals surface area contributed by atoms with Crippen LogP contribution in [0, 0.1) is 22.7 Å². The summed E-state index contributed by atoms with van der Waals surface area (Å²) in [6, 6.07) is 10.4. The smallest absolute Gasteiger partial charge is 0.305 e. The zero-order chi connectivity index (χ0) is 54.1. The quantitative estimate of drug-likeness (QED) is 0.0855. The van der Waals surface area contributed by atoms with Crippen molar-refractivity contribution in [3.05, 3.63) is 83.0 Å². The van der Waals surface area contributed by atoms with Crippen LogP contribution in [0.1, 0.15) is 109 Å². The second kappa shape index (κ2) is 22.4. The molecule has 7 N–H and O–H groups in total. The van der Waals surface area contributed by atoms with Crippen molar-refractivity contribution in [2.45, 2.75) is 151 Å². The number of hydrogen-bond donors (Lipinski definition) is 7. The second-order valence-corrected chi connectivity index (χ2v) is 22.2. The number of aliphatic hydroxyl groups excluding tert-OH is 2. The molecule has 17 nitrogen and oxygen atoms in total. The lowest BCUT2D eigenvalue weighted by molar-refractivity contribution is -0.235. The van der Waals surface area contributed by atoms with Gasteiger partial charge in [-0.25, -0.2) is 8.78 Å². The summed E-state index contributed by atoms with van der Waals surface area (Å²) >= 11 is 1.30. The Hall–Kier alpha value is -5.54. The van der Waals surface area contributed by atoms with E-state index in [1.165, 1.54) is 51.8 Å². The van der Waals surface area contributed by atoms with Crippen LogP contribution < -0.4 is 26.0 Å². The molecule has 7 rings (SSSR count). The first-order valence-electron chi connectivity index (χ1n) is 25.2. The van der Waals surface area contributed by atoms with Crippen LogP contribution in [0.3, 0.4) is 0 Å². The van der Waals surface area contributed by atoms with Gasteiger partial charge in [0, 0.05) is 40.5 Å². The van der Waals surface area contributed by atoms with Gasteiger partial charge in [0.1, 0.15) is 30.6 Å². The molecule has 2 aromatic rings. The van der Waals surface area contributed by atoms with Gasteiger partial charge in [-0.2, -0.15) is 0 Å². The van der Waals surface area contributed by atoms with E-state index < -0.39 is 124 Å². The van der Waals surface area contributed by atoms with Gasteiger partial charge in [-0.15, -0.1) is 11.8 Å². The van der Waals surface area contributed by atoms with E-state index in [-0.39, 0.29) is 49.5 Å². The number of ketones is 2. The van der Waals surface area contributed by atoms with Crippen molar-refractivity contribution >= 4 is 58.6 Å². The monoisotopic (exact) mass is 1050 g/mol. The van der Waals surface area contributed by atoms with E-state index in [0.717, 1.165) is 30.0 Å². The van der Waals surface area contributed by atoms with Gasteiger partial charge >= 0.3 is 5.97 Å². The molecule has 0 radical (unpaired) electrons. The molecule has 1 heterocycles. The van der Waals surface area contributed by atoms with Gasteiger partial charge in [0.05, 0.1) is 36.7 Å². The van der Waals surface area contributed by atoms with E-state index in [9.17, 15) is 48.9 Å². The summed E-state index contributed by atoms with van der Waals surface area (Å²) in [6.45, 7) is 9.12. The predicted octanol–water partition coefficient (Wildman–Crippen LogP) is 5.15. The number of aliphatic carboxylic acids is 1. The standard InChI is InChI=1S/C54H68F2N4O13S/c1-8-34(9-2)74-41(25-46(66)67)49(70)57-19-17-45(65)58-28(3)47(68)59-29(4)48(69)60-39-15-12-31(21-40(39)71-7)20-30-10-13-32(14-11-30)50-72-44-24-35-36-23-38(55)37-22-33(62)16-18-51(37,5)53(36,56)42(63)26-52(35,6)54(44,73-50)43(64)27-61/h10-16,18,21-22,28-29,34-36,38,41-42,44,50,61,63H,8-9,17,19-20,23-27H2,1-7H3,(H,57,70)(H,58,65)(H,59,68)(H,60,69)(H,66,67)/t28-,29-,35?,36-,38-,41?,42-,44+,50+,51-,52-,53-,54+/m0/s1. The fourth-order valence-corrected chi connectivity index (χ4v) is 13.5. The van der Waals surface area contributed by atoms with E-state index in [4.69, 9.17) is 14.2 Å². The second-order valence-electron chi connectivity index (χ2n) is 20.7. The Kier molecular flexibility index (Phi) is 17.0. The van der Waals surface area contributed by atoms with E-state index >= 15 is 8.78 Å². The normalized spacial score (nSPS) is 30.9. The number of anilines is 1. The van der Waals surface area contributed by atoms with Crippen molar-refractivity contribution in [2.75, 3.05) is 25.6 Å². The number of carboxylic acid groups (broad SMARTS) is 1. The number of Topliss-reactive ketones (excluding diaryl/α,β-unsaturated/α-hetero) is 1. The van der Waals surface area contributed by atoms with Crippen LogP contribution in [0.25, 0.3) is 0 Å². The van der Waals surface area contributed by atoms with E-state index in [2.05, 4.69) is 21.3 Å². The molecule has 3 saturated carbocycles. The van der Waals surface area contributed by atoms with Gasteiger partial charge in [0.25, 0.3) is 0 Å². The number of carbonyl (C=O) groups excluding carboxylic acids is 6. The number of thioether (sulfide) groups is 1. The molecule has 4 amide bonds. The van der Waals surface area contributed by atoms with E-state index in [1.807, 2.05) is 26.0 Å². The summed E-state index contributed by atoms with van der Waals surface area (Å²) < 4.78 is 52.5. The van der Waals surface area contributed by atoms with Crippen LogP contribution in [-0.4, -0.2) is 129 Å². The van der Waals surface area contributed by atoms with Gasteiger partial charge in [-0.3, -0.25) is 33.6 Å². The van der Waals surface area contributed by atoms with Crippen molar-refractivity contribution in [2.24, 2.45) is 22.7 Å². The zero-order valence-corrected chi connectivity index (χ0v) is 43.5. The van der Waals surface area contributed by atoms with Crippen molar-refractivity contribution in [3.63, 3.8) is 0 Å². The van der Waals surface area contributed by atoms with Crippen molar-refractivity contribution in [1.82, 2.24) is 16.0 Å². The maximum atomic E-state index is 17.8. The molecular weight excluding hydrogens is 983 g/mol. The molecule has 0 aromatic heterocycles. The van der Waals surface area contributed by atoms with Crippen LogP contribution in [0.2, 0.25) is 0 Å². The number of benzene rings is 2. The van der Waals surface area contributed by atoms with Gasteiger partial charge in [-0.05, 0) is 106 Å². The van der Waals surface area contributed by atoms with Crippen LogP contribution in [0.4, 0.5) is 14.5 Å². The number of aliphatic hydroxyl groups is 2. The van der Waals surface area contributed by atoms with Crippen LogP contribution in [-0.2, 0) is 49.5 Å². The highest BCUT2D eigenvalue weighted by Gasteiger charge is 2.80. The number of hydrogen-bond acceptors (Lipinski definition) is 13. The molecule has 2 aromatic carbocycles. The SMILES string of the molecule is CCC(CC)SC(CC(=O)O)C(=O)NCCC(=O)N[C@@H](C)C(=O)N[C@@H](C)C(=O)Nc1ccc(Cc2ccc([C@@H]3O[C@@H]4CC5[C@@H]6C[C@H](F)C7=CC(=O)C=C[C@]7(C)[C@@]6(F)[C@@H](O)C[C@]5(C)[C@]4(C(=O)CO)O3)cc2)cc1OC. The molecule has 74 heavy (non-hydrogen) atoms. The first-order valence-corrected chi connectivity index (χ1v) is 26.2. The number of alkyl halides is 2. The lowest BCUT2D eigenvalue weighted by Gasteiger charge is -2.63. The number of amides is 4. The van der Waals surface area contributed by atoms with Gasteiger partial charge in [0.2, 0.25) is 23.6 Å². The number of nitrogens with one attached hydrogen (secondary N) is 4. The Morgan fingerprint density at radius 3 is 2.26 bits per heavy atom. The molecule has 1 aliphatic heterocycles. The fraction of sp³-hybridized carbons (Fsp3) is 0.574. The highest BCUT2D eigenvalue weighted by Crippen LogP contribution is 2.72. The van der Waals surface area contributed by atoms with Gasteiger partial charge in [0.15, 0.2) is 29.1 Å². The summed E-state index contributed by atoms with van der Waals surface area (Å²) in [6.07, 6.45) is -0.630. The fourth-order valence-electron chi connectivity index (χ4n) is 12.2. The third-order valence-corrected chi connectivity index (χ3v) is 18.0. The molecule has 2 unspecified atom stereocenters. The zero-order valence-electron chi connectivity index (χ0n) is 42.7. The molecule has 0 spiro atoms. The number of carbonyl (C=O) groups is 7. The Balaban J connectivity index is 0.927. The number of ether oxygens (including phenoxy) is 3. The molecule has 5 aliphatic rings. The third-order valence-electron chi connectivity index (χ3n) is 16.2. The van der Waals surface area contributed by atoms with Gasteiger partial charge in [-0.1, -0.05) is 57.2 Å². The summed E-state index contributed by atoms with van der Waals surface area (Å²) in [7, 11) is 1.44. The molecule has 4 fully saturated rings. The summed E-state index contributed by atoms with van der Waals surface area (Å²) in [5.74, 6) is -5.84. The van der Waals surface area contributed by atoms with Crippen LogP contribution in [0.15, 0.2) is 66.3 Å². The molecule has 4 aliphatic carbocycles. The van der Waals surface area contributed by atoms with Crippen molar-refractivity contribution < 1.29 is 71.9 Å². The highest BCUT2D eigenvalue weighted by atomic mass is 32.2. The Bertz CT molecular complexity index is 2580. The minimum atomic E-state index is -2.36. The van der Waals surface area contributed by atoms with Crippen molar-refractivity contribution in [1.29, 1.82) is 0 Å². The molecule has 0 bridgehead atoms. The maximum absolute atomic E-state index is 17.8. The Morgan fingerprint density at radius 2 is 1.61 bits per heavy atom. The third kappa shape index (κ3) is 10.4. The molecule has 1 saturated heterocycles. The molecule has 13 atom stereocenters. The number of rotatable bonds is 21. The molecular formula is C54H68F2N4O13S. The topological polar surface area (TPSA) is 256 Å².